The number of amides is 1. The van der Waals surface area contributed by atoms with Gasteiger partial charge >= 0.3 is 12.4 Å². The van der Waals surface area contributed by atoms with Crippen molar-refractivity contribution in [3.05, 3.63) is 94.0 Å². The second kappa shape index (κ2) is 10.8. The van der Waals surface area contributed by atoms with Gasteiger partial charge in [-0.15, -0.1) is 11.8 Å². The van der Waals surface area contributed by atoms with Gasteiger partial charge in [-0.05, 0) is 49.1 Å². The van der Waals surface area contributed by atoms with Crippen LogP contribution in [0.15, 0.2) is 76.7 Å². The van der Waals surface area contributed by atoms with Crippen LogP contribution in [0, 0.1) is 0 Å². The van der Waals surface area contributed by atoms with Crippen LogP contribution in [0.25, 0.3) is 0 Å². The SMILES string of the molecule is CSc1cc(NC(=O)CN2CC(C)(c3ccccc3)C(c3ccc(C(F)(F)F)c(Cl)c3)=N2)ccc1C(F)(F)F. The van der Waals surface area contributed by atoms with E-state index in [9.17, 15) is 31.1 Å². The van der Waals surface area contributed by atoms with Gasteiger partial charge in [0.15, 0.2) is 0 Å². The Morgan fingerprint density at radius 3 is 2.23 bits per heavy atom. The zero-order chi connectivity index (χ0) is 28.6. The van der Waals surface area contributed by atoms with Gasteiger partial charge in [0, 0.05) is 16.1 Å². The zero-order valence-corrected chi connectivity index (χ0v) is 22.2. The highest BCUT2D eigenvalue weighted by Gasteiger charge is 2.42. The van der Waals surface area contributed by atoms with E-state index in [1.165, 1.54) is 35.5 Å². The zero-order valence-electron chi connectivity index (χ0n) is 20.6. The van der Waals surface area contributed by atoms with Crippen LogP contribution in [0.1, 0.15) is 29.2 Å². The number of rotatable bonds is 6. The summed E-state index contributed by atoms with van der Waals surface area (Å²) in [5.74, 6) is -0.521. The topological polar surface area (TPSA) is 44.7 Å². The molecule has 0 saturated carbocycles. The lowest BCUT2D eigenvalue weighted by atomic mass is 9.76. The molecule has 0 spiro atoms. The second-order valence-corrected chi connectivity index (χ2v) is 10.4. The molecule has 1 aliphatic rings. The van der Waals surface area contributed by atoms with Crippen LogP contribution in [0.3, 0.4) is 0 Å². The van der Waals surface area contributed by atoms with E-state index in [1.807, 2.05) is 37.3 Å². The van der Waals surface area contributed by atoms with E-state index in [2.05, 4.69) is 10.4 Å². The van der Waals surface area contributed by atoms with Crippen LogP contribution in [0.4, 0.5) is 32.0 Å². The summed E-state index contributed by atoms with van der Waals surface area (Å²) in [4.78, 5) is 12.8. The van der Waals surface area contributed by atoms with Crippen molar-refractivity contribution in [1.29, 1.82) is 0 Å². The summed E-state index contributed by atoms with van der Waals surface area (Å²) in [7, 11) is 0. The fraction of sp³-hybridized carbons (Fsp3) is 0.259. The molecule has 1 amide bonds. The Morgan fingerprint density at radius 2 is 1.64 bits per heavy atom. The quantitative estimate of drug-likeness (QED) is 0.238. The van der Waals surface area contributed by atoms with Gasteiger partial charge in [0.05, 0.1) is 33.8 Å². The lowest BCUT2D eigenvalue weighted by Crippen LogP contribution is -2.38. The second-order valence-electron chi connectivity index (χ2n) is 9.12. The Hall–Kier alpha value is -3.18. The maximum Gasteiger partial charge on any atom is 0.417 e. The summed E-state index contributed by atoms with van der Waals surface area (Å²) in [5, 5.41) is 8.18. The summed E-state index contributed by atoms with van der Waals surface area (Å²) in [6.07, 6.45) is -7.63. The third-order valence-corrected chi connectivity index (χ3v) is 7.43. The maximum absolute atomic E-state index is 13.3. The molecular formula is C27H22ClF6N3OS. The van der Waals surface area contributed by atoms with Crippen LogP contribution in [0.2, 0.25) is 5.02 Å². The number of carbonyl (C=O) groups excluding carboxylic acids is 1. The van der Waals surface area contributed by atoms with Crippen LogP contribution >= 0.6 is 23.4 Å². The first kappa shape index (κ1) is 28.8. The van der Waals surface area contributed by atoms with Gasteiger partial charge in [0.1, 0.15) is 6.54 Å². The molecule has 4 nitrogen and oxygen atoms in total. The number of benzene rings is 3. The molecule has 4 rings (SSSR count). The van der Waals surface area contributed by atoms with Crippen molar-refractivity contribution in [2.24, 2.45) is 5.10 Å². The van der Waals surface area contributed by atoms with Gasteiger partial charge in [-0.1, -0.05) is 48.0 Å². The van der Waals surface area contributed by atoms with Crippen molar-refractivity contribution in [3.63, 3.8) is 0 Å². The van der Waals surface area contributed by atoms with Crippen LogP contribution in [-0.4, -0.2) is 36.0 Å². The first-order chi connectivity index (χ1) is 18.2. The normalized spacial score (nSPS) is 17.8. The number of nitrogens with zero attached hydrogens (tertiary/aromatic N) is 2. The molecule has 39 heavy (non-hydrogen) atoms. The van der Waals surface area contributed by atoms with Crippen molar-refractivity contribution in [2.75, 3.05) is 24.7 Å². The predicted octanol–water partition coefficient (Wildman–Crippen LogP) is 7.72. The summed E-state index contributed by atoms with van der Waals surface area (Å²) in [6, 6.07) is 15.9. The molecule has 0 bridgehead atoms. The van der Waals surface area contributed by atoms with Gasteiger partial charge in [-0.2, -0.15) is 31.4 Å². The van der Waals surface area contributed by atoms with E-state index in [1.54, 1.807) is 0 Å². The number of hydrogen-bond acceptors (Lipinski definition) is 4. The summed E-state index contributed by atoms with van der Waals surface area (Å²) in [6.45, 7) is 1.85. The molecule has 1 heterocycles. The highest BCUT2D eigenvalue weighted by atomic mass is 35.5. The van der Waals surface area contributed by atoms with Crippen molar-refractivity contribution < 1.29 is 31.1 Å². The molecule has 3 aromatic rings. The average molecular weight is 586 g/mol. The predicted molar refractivity (Wildman–Crippen MR) is 140 cm³/mol. The summed E-state index contributed by atoms with van der Waals surface area (Å²) in [5.41, 5.74) is -0.742. The minimum absolute atomic E-state index is 0.0300. The third-order valence-electron chi connectivity index (χ3n) is 6.34. The highest BCUT2D eigenvalue weighted by Crippen LogP contribution is 2.40. The molecule has 1 atom stereocenters. The van der Waals surface area contributed by atoms with Crippen molar-refractivity contribution in [1.82, 2.24) is 5.01 Å². The van der Waals surface area contributed by atoms with E-state index in [0.29, 0.717) is 11.3 Å². The van der Waals surface area contributed by atoms with Gasteiger partial charge in [-0.25, -0.2) is 0 Å². The monoisotopic (exact) mass is 585 g/mol. The number of anilines is 1. The average Bonchev–Trinajstić information content (AvgIpc) is 3.19. The fourth-order valence-electron chi connectivity index (χ4n) is 4.49. The number of hydrazone groups is 1. The Bertz CT molecular complexity index is 1410. The number of alkyl halides is 6. The number of nitrogens with one attached hydrogen (secondary N) is 1. The molecule has 206 valence electrons. The smallest absolute Gasteiger partial charge is 0.324 e. The Morgan fingerprint density at radius 1 is 1.00 bits per heavy atom. The maximum atomic E-state index is 13.3. The van der Waals surface area contributed by atoms with E-state index in [4.69, 9.17) is 11.6 Å². The lowest BCUT2D eigenvalue weighted by molar-refractivity contribution is -0.140. The largest absolute Gasteiger partial charge is 0.417 e. The van der Waals surface area contributed by atoms with Crippen LogP contribution in [0.5, 0.6) is 0 Å². The standard InChI is InChI=1S/C27H22ClF6N3OS/c1-25(17-6-4-3-5-7-17)15-37(36-24(25)16-8-10-19(21(28)12-16)26(29,30)31)14-23(38)35-18-9-11-20(27(32,33)34)22(13-18)39-2/h3-13H,14-15H2,1-2H3,(H,35,38). The lowest BCUT2D eigenvalue weighted by Gasteiger charge is -2.27. The van der Waals surface area contributed by atoms with E-state index >= 15 is 0 Å². The van der Waals surface area contributed by atoms with Gasteiger partial charge in [0.25, 0.3) is 0 Å². The molecule has 1 aliphatic heterocycles. The molecule has 1 unspecified atom stereocenters. The Kier molecular flexibility index (Phi) is 7.96. The van der Waals surface area contributed by atoms with E-state index < -0.39 is 39.8 Å². The first-order valence-corrected chi connectivity index (χ1v) is 13.1. The molecule has 0 aliphatic carbocycles. The van der Waals surface area contributed by atoms with Gasteiger partial charge < -0.3 is 5.32 Å². The molecule has 1 N–H and O–H groups in total. The van der Waals surface area contributed by atoms with E-state index in [0.717, 1.165) is 29.5 Å². The highest BCUT2D eigenvalue weighted by molar-refractivity contribution is 7.98. The van der Waals surface area contributed by atoms with Crippen molar-refractivity contribution in [3.8, 4) is 0 Å². The number of hydrogen-bond donors (Lipinski definition) is 1. The first-order valence-electron chi connectivity index (χ1n) is 11.5. The molecule has 0 radical (unpaired) electrons. The van der Waals surface area contributed by atoms with Crippen LogP contribution < -0.4 is 5.32 Å². The molecule has 12 heteroatoms. The molecule has 0 aromatic heterocycles. The molecule has 3 aromatic carbocycles. The molecule has 0 fully saturated rings. The number of carbonyl (C=O) groups is 1. The summed E-state index contributed by atoms with van der Waals surface area (Å²) >= 11 is 6.89. The molecule has 0 saturated heterocycles. The molecular weight excluding hydrogens is 564 g/mol. The van der Waals surface area contributed by atoms with Gasteiger partial charge in [0.2, 0.25) is 5.91 Å². The van der Waals surface area contributed by atoms with Crippen molar-refractivity contribution >= 4 is 40.7 Å². The minimum Gasteiger partial charge on any atom is -0.324 e. The van der Waals surface area contributed by atoms with Gasteiger partial charge in [-0.3, -0.25) is 9.80 Å². The minimum atomic E-state index is -4.62. The Balaban J connectivity index is 1.62. The third kappa shape index (κ3) is 6.19. The van der Waals surface area contributed by atoms with Crippen molar-refractivity contribution in [2.45, 2.75) is 29.6 Å². The fourth-order valence-corrected chi connectivity index (χ4v) is 5.43. The van der Waals surface area contributed by atoms with Crippen LogP contribution in [-0.2, 0) is 22.6 Å². The number of halogens is 7. The van der Waals surface area contributed by atoms with E-state index in [-0.39, 0.29) is 23.7 Å². The summed E-state index contributed by atoms with van der Waals surface area (Å²) < 4.78 is 79.4. The Labute approximate surface area is 230 Å². The number of thioether (sulfide) groups is 1.